The Kier molecular flexibility index (Phi) is 10.1. The zero-order valence-electron chi connectivity index (χ0n) is 20.0. The van der Waals surface area contributed by atoms with Crippen LogP contribution in [0, 0.1) is 0 Å². The monoisotopic (exact) mass is 443 g/mol. The second-order valence-electron chi connectivity index (χ2n) is 8.61. The second kappa shape index (κ2) is 13.3. The van der Waals surface area contributed by atoms with Crippen molar-refractivity contribution in [1.82, 2.24) is 25.4 Å². The average molecular weight is 444 g/mol. The van der Waals surface area contributed by atoms with Gasteiger partial charge in [-0.05, 0) is 50.4 Å². The number of nitrogens with one attached hydrogen (secondary N) is 2. The van der Waals surface area contributed by atoms with Crippen LogP contribution in [0.25, 0.3) is 0 Å². The van der Waals surface area contributed by atoms with Crippen molar-refractivity contribution in [2.75, 3.05) is 63.8 Å². The largest absolute Gasteiger partial charge is 0.357 e. The average Bonchev–Trinajstić information content (AvgIpc) is 3.04. The lowest BCUT2D eigenvalue weighted by Crippen LogP contribution is -2.46. The molecule has 1 aromatic rings. The Balaban J connectivity index is 1.47. The normalized spacial score (nSPS) is 18.6. The fraction of sp³-hybridized carbons (Fsp3) is 0.708. The first kappa shape index (κ1) is 24.3. The van der Waals surface area contributed by atoms with Crippen molar-refractivity contribution in [2.45, 2.75) is 52.5 Å². The predicted molar refractivity (Wildman–Crippen MR) is 131 cm³/mol. The van der Waals surface area contributed by atoms with Gasteiger partial charge >= 0.3 is 0 Å². The topological polar surface area (TPSA) is 76.1 Å². The van der Waals surface area contributed by atoms with Crippen LogP contribution in [0.1, 0.15) is 51.5 Å². The molecule has 0 atom stereocenters. The van der Waals surface area contributed by atoms with E-state index in [4.69, 9.17) is 4.99 Å². The van der Waals surface area contributed by atoms with Gasteiger partial charge in [-0.1, -0.05) is 13.3 Å². The summed E-state index contributed by atoms with van der Waals surface area (Å²) in [7, 11) is 0. The molecule has 178 valence electrons. The third-order valence-electron chi connectivity index (χ3n) is 6.29. The van der Waals surface area contributed by atoms with Crippen molar-refractivity contribution in [2.24, 2.45) is 4.99 Å². The number of likely N-dealkylation sites (tertiary alicyclic amines) is 1. The number of hydrogen-bond acceptors (Lipinski definition) is 5. The molecular formula is C24H41N7O. The summed E-state index contributed by atoms with van der Waals surface area (Å²) < 4.78 is 0. The van der Waals surface area contributed by atoms with Gasteiger partial charge < -0.3 is 25.3 Å². The lowest BCUT2D eigenvalue weighted by atomic mass is 10.2. The Morgan fingerprint density at radius 1 is 1.09 bits per heavy atom. The number of amides is 1. The van der Waals surface area contributed by atoms with Crippen LogP contribution in [0.5, 0.6) is 0 Å². The van der Waals surface area contributed by atoms with Gasteiger partial charge in [-0.2, -0.15) is 0 Å². The number of pyridine rings is 1. The van der Waals surface area contributed by atoms with Crippen molar-refractivity contribution in [3.63, 3.8) is 0 Å². The van der Waals surface area contributed by atoms with Gasteiger partial charge in [-0.3, -0.25) is 4.79 Å². The van der Waals surface area contributed by atoms with Crippen LogP contribution in [-0.2, 0) is 11.3 Å². The smallest absolute Gasteiger partial charge is 0.222 e. The summed E-state index contributed by atoms with van der Waals surface area (Å²) in [6, 6.07) is 4.21. The molecule has 0 aromatic carbocycles. The molecule has 0 unspecified atom stereocenters. The van der Waals surface area contributed by atoms with Gasteiger partial charge in [0.2, 0.25) is 5.91 Å². The van der Waals surface area contributed by atoms with E-state index in [1.54, 1.807) is 0 Å². The van der Waals surface area contributed by atoms with E-state index in [1.807, 2.05) is 17.2 Å². The van der Waals surface area contributed by atoms with E-state index in [9.17, 15) is 4.79 Å². The molecule has 8 nitrogen and oxygen atoms in total. The summed E-state index contributed by atoms with van der Waals surface area (Å²) >= 11 is 0. The van der Waals surface area contributed by atoms with Crippen molar-refractivity contribution in [1.29, 1.82) is 0 Å². The van der Waals surface area contributed by atoms with Crippen molar-refractivity contribution in [3.05, 3.63) is 23.9 Å². The van der Waals surface area contributed by atoms with E-state index in [2.05, 4.69) is 45.3 Å². The zero-order chi connectivity index (χ0) is 22.6. The maximum atomic E-state index is 12.1. The summed E-state index contributed by atoms with van der Waals surface area (Å²) in [6.45, 7) is 13.6. The lowest BCUT2D eigenvalue weighted by molar-refractivity contribution is -0.130. The predicted octanol–water partition coefficient (Wildman–Crippen LogP) is 2.07. The molecule has 2 aliphatic heterocycles. The zero-order valence-corrected chi connectivity index (χ0v) is 20.0. The maximum absolute atomic E-state index is 12.1. The number of nitrogens with zero attached hydrogens (tertiary/aromatic N) is 5. The van der Waals surface area contributed by atoms with E-state index in [-0.39, 0.29) is 0 Å². The number of piperazine rings is 1. The fourth-order valence-electron chi connectivity index (χ4n) is 4.29. The van der Waals surface area contributed by atoms with E-state index in [0.717, 1.165) is 89.9 Å². The molecule has 1 amide bonds. The molecule has 2 saturated heterocycles. The summed E-state index contributed by atoms with van der Waals surface area (Å²) in [4.78, 5) is 28.4. The Bertz CT molecular complexity index is 731. The first-order valence-corrected chi connectivity index (χ1v) is 12.4. The van der Waals surface area contributed by atoms with Crippen molar-refractivity contribution >= 4 is 17.7 Å². The van der Waals surface area contributed by atoms with Gasteiger partial charge in [0, 0.05) is 65.0 Å². The number of anilines is 1. The van der Waals surface area contributed by atoms with Crippen LogP contribution in [-0.4, -0.2) is 85.6 Å². The van der Waals surface area contributed by atoms with E-state index in [1.165, 1.54) is 12.0 Å². The number of guanidine groups is 1. The highest BCUT2D eigenvalue weighted by Gasteiger charge is 2.17. The van der Waals surface area contributed by atoms with Crippen LogP contribution in [0.2, 0.25) is 0 Å². The van der Waals surface area contributed by atoms with Crippen LogP contribution in [0.3, 0.4) is 0 Å². The third-order valence-corrected chi connectivity index (χ3v) is 6.29. The third kappa shape index (κ3) is 7.65. The van der Waals surface area contributed by atoms with E-state index >= 15 is 0 Å². The number of carbonyl (C=O) groups excluding carboxylic acids is 1. The molecular weight excluding hydrogens is 402 g/mol. The number of aliphatic imine (C=N–C) groups is 1. The molecule has 32 heavy (non-hydrogen) atoms. The van der Waals surface area contributed by atoms with Gasteiger partial charge in [-0.25, -0.2) is 9.98 Å². The molecule has 0 aliphatic carbocycles. The number of carbonyl (C=O) groups is 1. The van der Waals surface area contributed by atoms with Crippen LogP contribution >= 0.6 is 0 Å². The van der Waals surface area contributed by atoms with Gasteiger partial charge in [-0.15, -0.1) is 0 Å². The number of hydrogen-bond donors (Lipinski definition) is 2. The molecule has 2 aliphatic rings. The van der Waals surface area contributed by atoms with Crippen LogP contribution < -0.4 is 15.5 Å². The molecule has 8 heteroatoms. The number of rotatable bonds is 9. The minimum absolute atomic E-state index is 0.313. The van der Waals surface area contributed by atoms with Gasteiger partial charge in [0.1, 0.15) is 5.82 Å². The molecule has 0 radical (unpaired) electrons. The molecule has 0 bridgehead atoms. The minimum Gasteiger partial charge on any atom is -0.357 e. The Morgan fingerprint density at radius 3 is 2.72 bits per heavy atom. The summed E-state index contributed by atoms with van der Waals surface area (Å²) in [5, 5.41) is 6.75. The highest BCUT2D eigenvalue weighted by Crippen LogP contribution is 2.16. The molecule has 0 spiro atoms. The summed E-state index contributed by atoms with van der Waals surface area (Å²) in [5.74, 6) is 2.19. The van der Waals surface area contributed by atoms with Gasteiger partial charge in [0.15, 0.2) is 5.96 Å². The minimum atomic E-state index is 0.313. The Hall–Kier alpha value is -2.35. The van der Waals surface area contributed by atoms with Gasteiger partial charge in [0.25, 0.3) is 0 Å². The highest BCUT2D eigenvalue weighted by molar-refractivity contribution is 5.79. The quantitative estimate of drug-likeness (QED) is 0.346. The lowest BCUT2D eigenvalue weighted by Gasteiger charge is -2.34. The van der Waals surface area contributed by atoms with Crippen molar-refractivity contribution < 1.29 is 4.79 Å². The van der Waals surface area contributed by atoms with Crippen LogP contribution in [0.15, 0.2) is 23.3 Å². The standard InChI is InChI=1S/C24H41N7O/c1-3-25-24(27-11-8-14-31-13-7-5-6-9-23(31)32)28-20-21-10-12-26-22(19-21)30-17-15-29(4-2)16-18-30/h10,12,19H,3-9,11,13-18,20H2,1-2H3,(H2,25,27,28). The van der Waals surface area contributed by atoms with E-state index in [0.29, 0.717) is 18.9 Å². The first-order chi connectivity index (χ1) is 15.7. The highest BCUT2D eigenvalue weighted by atomic mass is 16.2. The summed E-state index contributed by atoms with van der Waals surface area (Å²) in [6.07, 6.45) is 6.87. The molecule has 1 aromatic heterocycles. The number of aromatic nitrogens is 1. The summed E-state index contributed by atoms with van der Waals surface area (Å²) in [5.41, 5.74) is 1.17. The molecule has 2 N–H and O–H groups in total. The maximum Gasteiger partial charge on any atom is 0.222 e. The van der Waals surface area contributed by atoms with E-state index < -0.39 is 0 Å². The first-order valence-electron chi connectivity index (χ1n) is 12.4. The molecule has 3 heterocycles. The fourth-order valence-corrected chi connectivity index (χ4v) is 4.29. The SMILES string of the molecule is CCNC(=NCc1ccnc(N2CCN(CC)CC2)c1)NCCCN1CCCCCC1=O. The number of likely N-dealkylation sites (N-methyl/N-ethyl adjacent to an activating group) is 1. The van der Waals surface area contributed by atoms with Crippen LogP contribution in [0.4, 0.5) is 5.82 Å². The Labute approximate surface area is 193 Å². The Morgan fingerprint density at radius 2 is 1.94 bits per heavy atom. The van der Waals surface area contributed by atoms with Gasteiger partial charge in [0.05, 0.1) is 6.54 Å². The second-order valence-corrected chi connectivity index (χ2v) is 8.61. The van der Waals surface area contributed by atoms with Crippen molar-refractivity contribution in [3.8, 4) is 0 Å². The molecule has 0 saturated carbocycles. The molecule has 3 rings (SSSR count). The molecule has 2 fully saturated rings.